The van der Waals surface area contributed by atoms with Crippen molar-refractivity contribution in [3.63, 3.8) is 0 Å². The highest BCUT2D eigenvalue weighted by atomic mass is 16.5. The quantitative estimate of drug-likeness (QED) is 0.707. The Bertz CT molecular complexity index is 309. The summed E-state index contributed by atoms with van der Waals surface area (Å²) in [6, 6.07) is 5.67. The Morgan fingerprint density at radius 3 is 3.15 bits per heavy atom. The lowest BCUT2D eigenvalue weighted by Crippen LogP contribution is -2.16. The fourth-order valence-electron chi connectivity index (χ4n) is 1.51. The van der Waals surface area contributed by atoms with E-state index in [0.717, 1.165) is 16.9 Å². The third-order valence-corrected chi connectivity index (χ3v) is 2.25. The van der Waals surface area contributed by atoms with Crippen molar-refractivity contribution in [2.24, 2.45) is 0 Å². The summed E-state index contributed by atoms with van der Waals surface area (Å²) in [4.78, 5) is 0. The van der Waals surface area contributed by atoms with Crippen LogP contribution in [-0.4, -0.2) is 18.8 Å². The van der Waals surface area contributed by atoms with Crippen LogP contribution in [-0.2, 0) is 11.3 Å². The standard InChI is InChI=1S/C10H12O3/c1-12-8-3-2-7-5-13-6-10(11)9(7)4-8/h2-4,10-11H,5-6H2,1H3. The summed E-state index contributed by atoms with van der Waals surface area (Å²) in [5, 5.41) is 9.60. The van der Waals surface area contributed by atoms with Crippen LogP contribution < -0.4 is 4.74 Å². The predicted octanol–water partition coefficient (Wildman–Crippen LogP) is 1.26. The van der Waals surface area contributed by atoms with Crippen LogP contribution in [0.3, 0.4) is 0 Å². The zero-order valence-corrected chi connectivity index (χ0v) is 7.49. The maximum Gasteiger partial charge on any atom is 0.119 e. The summed E-state index contributed by atoms with van der Waals surface area (Å²) in [6.07, 6.45) is -0.515. The highest BCUT2D eigenvalue weighted by molar-refractivity contribution is 5.37. The molecule has 1 unspecified atom stereocenters. The van der Waals surface area contributed by atoms with E-state index < -0.39 is 6.10 Å². The molecule has 0 radical (unpaired) electrons. The minimum atomic E-state index is -0.515. The Balaban J connectivity index is 2.41. The molecule has 0 spiro atoms. The number of hydrogen-bond donors (Lipinski definition) is 1. The fourth-order valence-corrected chi connectivity index (χ4v) is 1.51. The Morgan fingerprint density at radius 1 is 1.54 bits per heavy atom. The van der Waals surface area contributed by atoms with E-state index in [1.807, 2.05) is 18.2 Å². The lowest BCUT2D eigenvalue weighted by molar-refractivity contribution is 0.00966. The lowest BCUT2D eigenvalue weighted by Gasteiger charge is -2.21. The Labute approximate surface area is 76.9 Å². The molecule has 0 bridgehead atoms. The van der Waals surface area contributed by atoms with Crippen molar-refractivity contribution in [3.05, 3.63) is 29.3 Å². The van der Waals surface area contributed by atoms with Crippen molar-refractivity contribution >= 4 is 0 Å². The van der Waals surface area contributed by atoms with E-state index in [2.05, 4.69) is 0 Å². The molecule has 1 aliphatic rings. The van der Waals surface area contributed by atoms with Gasteiger partial charge in [0, 0.05) is 0 Å². The monoisotopic (exact) mass is 180 g/mol. The summed E-state index contributed by atoms with van der Waals surface area (Å²) in [7, 11) is 1.62. The molecule has 0 aliphatic carbocycles. The number of rotatable bonds is 1. The van der Waals surface area contributed by atoms with E-state index in [1.54, 1.807) is 7.11 Å². The highest BCUT2D eigenvalue weighted by Crippen LogP contribution is 2.27. The van der Waals surface area contributed by atoms with Gasteiger partial charge in [0.05, 0.1) is 20.3 Å². The molecule has 1 N–H and O–H groups in total. The fraction of sp³-hybridized carbons (Fsp3) is 0.400. The second-order valence-corrected chi connectivity index (χ2v) is 3.10. The normalized spacial score (nSPS) is 20.9. The maximum atomic E-state index is 9.60. The Morgan fingerprint density at radius 2 is 2.38 bits per heavy atom. The minimum Gasteiger partial charge on any atom is -0.497 e. The van der Waals surface area contributed by atoms with Gasteiger partial charge in [-0.2, -0.15) is 0 Å². The first kappa shape index (κ1) is 8.53. The van der Waals surface area contributed by atoms with Crippen LogP contribution in [0.5, 0.6) is 5.75 Å². The molecule has 70 valence electrons. The molecule has 13 heavy (non-hydrogen) atoms. The molecule has 0 fully saturated rings. The smallest absolute Gasteiger partial charge is 0.119 e. The van der Waals surface area contributed by atoms with Crippen molar-refractivity contribution in [3.8, 4) is 5.75 Å². The summed E-state index contributed by atoms with van der Waals surface area (Å²) in [5.74, 6) is 0.778. The SMILES string of the molecule is COc1ccc2c(c1)C(O)COC2. The number of fused-ring (bicyclic) bond motifs is 1. The maximum absolute atomic E-state index is 9.60. The average Bonchev–Trinajstić information content (AvgIpc) is 2.18. The second kappa shape index (κ2) is 3.36. The molecule has 1 aromatic carbocycles. The molecule has 0 saturated carbocycles. The van der Waals surface area contributed by atoms with Gasteiger partial charge >= 0.3 is 0 Å². The molecule has 0 amide bonds. The zero-order chi connectivity index (χ0) is 9.26. The first-order valence-corrected chi connectivity index (χ1v) is 4.24. The third-order valence-electron chi connectivity index (χ3n) is 2.25. The molecule has 0 saturated heterocycles. The molecular weight excluding hydrogens is 168 g/mol. The van der Waals surface area contributed by atoms with Crippen LogP contribution in [0.25, 0.3) is 0 Å². The number of hydrogen-bond acceptors (Lipinski definition) is 3. The first-order chi connectivity index (χ1) is 6.31. The van der Waals surface area contributed by atoms with Crippen LogP contribution in [0.4, 0.5) is 0 Å². The van der Waals surface area contributed by atoms with E-state index >= 15 is 0 Å². The largest absolute Gasteiger partial charge is 0.497 e. The molecular formula is C10H12O3. The molecule has 1 atom stereocenters. The van der Waals surface area contributed by atoms with Gasteiger partial charge in [0.15, 0.2) is 0 Å². The molecule has 1 aromatic rings. The van der Waals surface area contributed by atoms with Crippen LogP contribution >= 0.6 is 0 Å². The summed E-state index contributed by atoms with van der Waals surface area (Å²) in [5.41, 5.74) is 1.96. The number of ether oxygens (including phenoxy) is 2. The second-order valence-electron chi connectivity index (χ2n) is 3.10. The summed E-state index contributed by atoms with van der Waals surface area (Å²) >= 11 is 0. The number of benzene rings is 1. The number of aliphatic hydroxyl groups excluding tert-OH is 1. The third kappa shape index (κ3) is 1.53. The zero-order valence-electron chi connectivity index (χ0n) is 7.49. The van der Waals surface area contributed by atoms with E-state index in [9.17, 15) is 5.11 Å². The summed E-state index contributed by atoms with van der Waals surface area (Å²) in [6.45, 7) is 0.955. The topological polar surface area (TPSA) is 38.7 Å². The molecule has 3 nitrogen and oxygen atoms in total. The molecule has 1 aliphatic heterocycles. The van der Waals surface area contributed by atoms with E-state index in [1.165, 1.54) is 0 Å². The number of methoxy groups -OCH3 is 1. The van der Waals surface area contributed by atoms with Gasteiger partial charge in [-0.1, -0.05) is 6.07 Å². The van der Waals surface area contributed by atoms with Gasteiger partial charge in [-0.05, 0) is 23.3 Å². The van der Waals surface area contributed by atoms with E-state index in [0.29, 0.717) is 13.2 Å². The van der Waals surface area contributed by atoms with Crippen molar-refractivity contribution in [2.45, 2.75) is 12.7 Å². The molecule has 3 heteroatoms. The van der Waals surface area contributed by atoms with E-state index in [-0.39, 0.29) is 0 Å². The van der Waals surface area contributed by atoms with Gasteiger partial charge < -0.3 is 14.6 Å². The number of aliphatic hydroxyl groups is 1. The van der Waals surface area contributed by atoms with Crippen molar-refractivity contribution < 1.29 is 14.6 Å². The predicted molar refractivity (Wildman–Crippen MR) is 47.6 cm³/mol. The van der Waals surface area contributed by atoms with Crippen molar-refractivity contribution in [1.29, 1.82) is 0 Å². The van der Waals surface area contributed by atoms with Gasteiger partial charge in [-0.3, -0.25) is 0 Å². The van der Waals surface area contributed by atoms with Gasteiger partial charge in [-0.25, -0.2) is 0 Å². The van der Waals surface area contributed by atoms with Crippen molar-refractivity contribution in [2.75, 3.05) is 13.7 Å². The van der Waals surface area contributed by atoms with Gasteiger partial charge in [0.2, 0.25) is 0 Å². The van der Waals surface area contributed by atoms with E-state index in [4.69, 9.17) is 9.47 Å². The molecule has 2 rings (SSSR count). The van der Waals surface area contributed by atoms with Crippen molar-refractivity contribution in [1.82, 2.24) is 0 Å². The minimum absolute atomic E-state index is 0.375. The van der Waals surface area contributed by atoms with Crippen LogP contribution in [0.2, 0.25) is 0 Å². The van der Waals surface area contributed by atoms with Crippen LogP contribution in [0.15, 0.2) is 18.2 Å². The van der Waals surface area contributed by atoms with Gasteiger partial charge in [0.25, 0.3) is 0 Å². The average molecular weight is 180 g/mol. The lowest BCUT2D eigenvalue weighted by atomic mass is 10.0. The molecule has 0 aromatic heterocycles. The Kier molecular flexibility index (Phi) is 2.20. The first-order valence-electron chi connectivity index (χ1n) is 4.24. The van der Waals surface area contributed by atoms with Gasteiger partial charge in [-0.15, -0.1) is 0 Å². The van der Waals surface area contributed by atoms with Crippen LogP contribution in [0, 0.1) is 0 Å². The van der Waals surface area contributed by atoms with Gasteiger partial charge in [0.1, 0.15) is 11.9 Å². The highest BCUT2D eigenvalue weighted by Gasteiger charge is 2.18. The molecule has 1 heterocycles. The Hall–Kier alpha value is -1.06. The summed E-state index contributed by atoms with van der Waals surface area (Å²) < 4.78 is 10.3. The van der Waals surface area contributed by atoms with Crippen LogP contribution in [0.1, 0.15) is 17.2 Å².